The third-order valence-corrected chi connectivity index (χ3v) is 7.41. The Morgan fingerprint density at radius 2 is 2.26 bits per heavy atom. The predicted molar refractivity (Wildman–Crippen MR) is 81.7 cm³/mol. The van der Waals surface area contributed by atoms with Gasteiger partial charge in [-0.05, 0) is 60.8 Å². The third-order valence-electron chi connectivity index (χ3n) is 7.41. The van der Waals surface area contributed by atoms with Crippen LogP contribution in [0.4, 0.5) is 0 Å². The summed E-state index contributed by atoms with van der Waals surface area (Å²) in [6, 6.07) is 4.05. The SMILES string of the molecule is COc1ccc2c3c1O[C@H]1C(=O)C=C[C@@]4(O)[C@@H]5CC[C@]5(C2)C[C@]314. The largest absolute Gasteiger partial charge is 0.493 e. The molecule has 4 aliphatic carbocycles. The van der Waals surface area contributed by atoms with E-state index in [1.807, 2.05) is 6.07 Å². The van der Waals surface area contributed by atoms with Crippen LogP contribution in [-0.4, -0.2) is 29.7 Å². The number of hydrogen-bond acceptors (Lipinski definition) is 4. The Bertz CT molecular complexity index is 827. The Morgan fingerprint density at radius 3 is 3.00 bits per heavy atom. The van der Waals surface area contributed by atoms with Gasteiger partial charge in [-0.25, -0.2) is 0 Å². The molecular weight excluding hydrogens is 292 g/mol. The van der Waals surface area contributed by atoms with Crippen LogP contribution in [0.1, 0.15) is 30.4 Å². The maximum absolute atomic E-state index is 12.6. The third kappa shape index (κ3) is 1.01. The first-order chi connectivity index (χ1) is 11.1. The molecule has 2 fully saturated rings. The molecule has 0 amide bonds. The quantitative estimate of drug-likeness (QED) is 0.861. The van der Waals surface area contributed by atoms with Gasteiger partial charge in [-0.2, -0.15) is 0 Å². The number of benzene rings is 1. The fraction of sp³-hybridized carbons (Fsp3) is 0.526. The van der Waals surface area contributed by atoms with Gasteiger partial charge in [0.25, 0.3) is 0 Å². The Hall–Kier alpha value is -1.81. The Labute approximate surface area is 134 Å². The lowest BCUT2D eigenvalue weighted by Crippen LogP contribution is -2.60. The molecule has 23 heavy (non-hydrogen) atoms. The van der Waals surface area contributed by atoms with Crippen LogP contribution in [0, 0.1) is 11.3 Å². The number of rotatable bonds is 1. The van der Waals surface area contributed by atoms with Crippen molar-refractivity contribution in [1.82, 2.24) is 0 Å². The van der Waals surface area contributed by atoms with Crippen molar-refractivity contribution in [3.63, 3.8) is 0 Å². The molecule has 5 atom stereocenters. The van der Waals surface area contributed by atoms with E-state index >= 15 is 0 Å². The first kappa shape index (κ1) is 12.6. The van der Waals surface area contributed by atoms with Gasteiger partial charge in [-0.1, -0.05) is 6.07 Å². The van der Waals surface area contributed by atoms with Crippen LogP contribution < -0.4 is 9.47 Å². The fourth-order valence-electron chi connectivity index (χ4n) is 6.58. The van der Waals surface area contributed by atoms with Crippen molar-refractivity contribution in [3.05, 3.63) is 35.4 Å². The van der Waals surface area contributed by atoms with Crippen LogP contribution in [-0.2, 0) is 16.6 Å². The van der Waals surface area contributed by atoms with Gasteiger partial charge in [-0.15, -0.1) is 0 Å². The van der Waals surface area contributed by atoms with Gasteiger partial charge in [-0.3, -0.25) is 4.79 Å². The molecule has 1 aliphatic heterocycles. The van der Waals surface area contributed by atoms with E-state index in [-0.39, 0.29) is 17.1 Å². The van der Waals surface area contributed by atoms with Crippen molar-refractivity contribution in [2.45, 2.75) is 42.8 Å². The summed E-state index contributed by atoms with van der Waals surface area (Å²) in [5, 5.41) is 11.7. The molecule has 4 nitrogen and oxygen atoms in total. The second-order valence-corrected chi connectivity index (χ2v) is 7.97. The summed E-state index contributed by atoms with van der Waals surface area (Å²) in [7, 11) is 1.62. The lowest BCUT2D eigenvalue weighted by molar-refractivity contribution is -0.132. The van der Waals surface area contributed by atoms with Gasteiger partial charge in [0.1, 0.15) is 5.60 Å². The second-order valence-electron chi connectivity index (χ2n) is 7.97. The zero-order valence-electron chi connectivity index (χ0n) is 13.0. The number of ketones is 1. The zero-order valence-corrected chi connectivity index (χ0v) is 13.0. The van der Waals surface area contributed by atoms with E-state index in [0.29, 0.717) is 11.5 Å². The average Bonchev–Trinajstić information content (AvgIpc) is 2.94. The number of carbonyl (C=O) groups excluding carboxylic acids is 1. The molecule has 2 saturated carbocycles. The number of fused-ring (bicyclic) bond motifs is 1. The van der Waals surface area contributed by atoms with Gasteiger partial charge >= 0.3 is 0 Å². The van der Waals surface area contributed by atoms with Crippen LogP contribution in [0.5, 0.6) is 11.5 Å². The number of ether oxygens (including phenoxy) is 2. The van der Waals surface area contributed by atoms with E-state index in [9.17, 15) is 9.90 Å². The van der Waals surface area contributed by atoms with Crippen molar-refractivity contribution in [2.24, 2.45) is 11.3 Å². The molecule has 2 bridgehead atoms. The van der Waals surface area contributed by atoms with Crippen molar-refractivity contribution in [2.75, 3.05) is 7.11 Å². The van der Waals surface area contributed by atoms with E-state index < -0.39 is 17.1 Å². The molecule has 5 aliphatic rings. The lowest BCUT2D eigenvalue weighted by atomic mass is 9.56. The van der Waals surface area contributed by atoms with Gasteiger partial charge in [0, 0.05) is 5.56 Å². The smallest absolute Gasteiger partial charge is 0.196 e. The van der Waals surface area contributed by atoms with Crippen molar-refractivity contribution in [1.29, 1.82) is 0 Å². The summed E-state index contributed by atoms with van der Waals surface area (Å²) in [5.41, 5.74) is 0.832. The Morgan fingerprint density at radius 1 is 1.39 bits per heavy atom. The fourth-order valence-corrected chi connectivity index (χ4v) is 6.58. The minimum absolute atomic E-state index is 0.0303. The molecular formula is C19H18O4. The first-order valence-electron chi connectivity index (χ1n) is 8.38. The number of hydrogen-bond donors (Lipinski definition) is 1. The van der Waals surface area contributed by atoms with E-state index in [0.717, 1.165) is 31.2 Å². The molecule has 1 aromatic rings. The summed E-state index contributed by atoms with van der Waals surface area (Å²) < 4.78 is 11.6. The highest BCUT2D eigenvalue weighted by Gasteiger charge is 2.80. The van der Waals surface area contributed by atoms with E-state index in [4.69, 9.17) is 9.47 Å². The molecule has 4 heteroatoms. The molecule has 0 aromatic heterocycles. The minimum atomic E-state index is -0.966. The highest BCUT2D eigenvalue weighted by Crippen LogP contribution is 2.77. The minimum Gasteiger partial charge on any atom is -0.493 e. The molecule has 0 radical (unpaired) electrons. The highest BCUT2D eigenvalue weighted by atomic mass is 16.5. The van der Waals surface area contributed by atoms with Crippen molar-refractivity contribution in [3.8, 4) is 11.5 Å². The van der Waals surface area contributed by atoms with Crippen LogP contribution in [0.3, 0.4) is 0 Å². The maximum atomic E-state index is 12.6. The number of carbonyl (C=O) groups is 1. The van der Waals surface area contributed by atoms with Crippen molar-refractivity contribution < 1.29 is 19.4 Å². The molecule has 1 N–H and O–H groups in total. The summed E-state index contributed by atoms with van der Waals surface area (Å²) in [6.45, 7) is 0. The molecule has 2 spiro atoms. The number of methoxy groups -OCH3 is 1. The maximum Gasteiger partial charge on any atom is 0.196 e. The van der Waals surface area contributed by atoms with E-state index in [2.05, 4.69) is 6.07 Å². The average molecular weight is 310 g/mol. The van der Waals surface area contributed by atoms with Gasteiger partial charge < -0.3 is 14.6 Å². The van der Waals surface area contributed by atoms with Gasteiger partial charge in [0.15, 0.2) is 23.4 Å². The molecule has 0 saturated heterocycles. The summed E-state index contributed by atoms with van der Waals surface area (Å²) in [5.74, 6) is 1.55. The van der Waals surface area contributed by atoms with Crippen LogP contribution in [0.2, 0.25) is 0 Å². The van der Waals surface area contributed by atoms with Crippen LogP contribution in [0.15, 0.2) is 24.3 Å². The molecule has 0 unspecified atom stereocenters. The monoisotopic (exact) mass is 310 g/mol. The van der Waals surface area contributed by atoms with Gasteiger partial charge in [0.2, 0.25) is 0 Å². The summed E-state index contributed by atoms with van der Waals surface area (Å²) >= 11 is 0. The topological polar surface area (TPSA) is 55.8 Å². The summed E-state index contributed by atoms with van der Waals surface area (Å²) in [6.07, 6.45) is 6.72. The van der Waals surface area contributed by atoms with Crippen LogP contribution >= 0.6 is 0 Å². The van der Waals surface area contributed by atoms with Gasteiger partial charge in [0.05, 0.1) is 12.5 Å². The zero-order chi connectivity index (χ0) is 15.6. The molecule has 1 aromatic carbocycles. The first-order valence-corrected chi connectivity index (χ1v) is 8.38. The van der Waals surface area contributed by atoms with Crippen molar-refractivity contribution >= 4 is 5.78 Å². The molecule has 6 rings (SSSR count). The Kier molecular flexibility index (Phi) is 1.83. The predicted octanol–water partition coefficient (Wildman–Crippen LogP) is 1.92. The standard InChI is InChI=1S/C19H18O4/c1-22-12-3-2-10-8-17-6-5-13(17)19(21)7-4-11(20)16-18(19,9-17)14(10)15(12)23-16/h2-4,7,13,16,21H,5-6,8-9H2,1H3/t13-,16+,17+,18+,19-/m1/s1. The normalized spacial score (nSPS) is 46.8. The second kappa shape index (κ2) is 3.34. The number of aliphatic hydroxyl groups is 1. The lowest BCUT2D eigenvalue weighted by Gasteiger charge is -2.49. The summed E-state index contributed by atoms with van der Waals surface area (Å²) in [4.78, 5) is 12.6. The highest BCUT2D eigenvalue weighted by molar-refractivity contribution is 5.99. The van der Waals surface area contributed by atoms with E-state index in [1.165, 1.54) is 5.56 Å². The Balaban J connectivity index is 1.76. The van der Waals surface area contributed by atoms with E-state index in [1.54, 1.807) is 19.3 Å². The van der Waals surface area contributed by atoms with Crippen LogP contribution in [0.25, 0.3) is 0 Å². The molecule has 1 heterocycles. The molecule has 118 valence electrons.